The van der Waals surface area contributed by atoms with Crippen LogP contribution >= 0.6 is 0 Å². The molecule has 4 rings (SSSR count). The Balaban J connectivity index is 1.80. The van der Waals surface area contributed by atoms with Crippen molar-refractivity contribution >= 4 is 23.4 Å². The number of aliphatic hydroxyl groups is 1. The molecule has 0 saturated carbocycles. The van der Waals surface area contributed by atoms with Crippen LogP contribution in [0.5, 0.6) is 11.5 Å². The number of Topliss-reactive ketones (excluding diaryl/α,β-unsaturated/α-hetero) is 1. The second kappa shape index (κ2) is 11.2. The number of hydrogen-bond acceptors (Lipinski definition) is 6. The number of methoxy groups -OCH3 is 1. The highest BCUT2D eigenvalue weighted by Crippen LogP contribution is 2.41. The van der Waals surface area contributed by atoms with E-state index in [-0.39, 0.29) is 23.4 Å². The predicted molar refractivity (Wildman–Crippen MR) is 141 cm³/mol. The number of carboxylic acid groups (broad SMARTS) is 1. The normalized spacial score (nSPS) is 16.6. The summed E-state index contributed by atoms with van der Waals surface area (Å²) in [6.45, 7) is 4.56. The van der Waals surface area contributed by atoms with Crippen molar-refractivity contribution in [1.29, 1.82) is 0 Å². The van der Waals surface area contributed by atoms with Gasteiger partial charge in [0.2, 0.25) is 0 Å². The molecule has 0 radical (unpaired) electrons. The molecule has 1 aliphatic heterocycles. The lowest BCUT2D eigenvalue weighted by molar-refractivity contribution is -0.140. The van der Waals surface area contributed by atoms with E-state index in [2.05, 4.69) is 0 Å². The molecular formula is C30H29NO7. The lowest BCUT2D eigenvalue weighted by Gasteiger charge is -2.26. The molecule has 1 atom stereocenters. The van der Waals surface area contributed by atoms with Gasteiger partial charge in [-0.3, -0.25) is 9.59 Å². The van der Waals surface area contributed by atoms with E-state index in [1.54, 1.807) is 60.7 Å². The highest BCUT2D eigenvalue weighted by Gasteiger charge is 2.46. The van der Waals surface area contributed by atoms with Crippen molar-refractivity contribution in [1.82, 2.24) is 4.90 Å². The number of aromatic carboxylic acids is 1. The molecule has 3 aromatic rings. The predicted octanol–water partition coefficient (Wildman–Crippen LogP) is 5.05. The van der Waals surface area contributed by atoms with Crippen molar-refractivity contribution in [3.63, 3.8) is 0 Å². The van der Waals surface area contributed by atoms with Crippen molar-refractivity contribution in [2.75, 3.05) is 13.7 Å². The molecule has 8 heteroatoms. The summed E-state index contributed by atoms with van der Waals surface area (Å²) < 4.78 is 11.1. The number of carbonyl (C=O) groups is 3. The van der Waals surface area contributed by atoms with Crippen LogP contribution in [0, 0.1) is 5.92 Å². The molecule has 1 amide bonds. The molecule has 196 valence electrons. The van der Waals surface area contributed by atoms with Gasteiger partial charge in [0.15, 0.2) is 0 Å². The monoisotopic (exact) mass is 515 g/mol. The minimum absolute atomic E-state index is 0.0284. The van der Waals surface area contributed by atoms with E-state index < -0.39 is 23.7 Å². The molecule has 0 bridgehead atoms. The van der Waals surface area contributed by atoms with Crippen LogP contribution in [0.4, 0.5) is 0 Å². The zero-order valence-electron chi connectivity index (χ0n) is 21.4. The van der Waals surface area contributed by atoms with E-state index in [1.807, 2.05) is 13.8 Å². The molecule has 0 aromatic heterocycles. The van der Waals surface area contributed by atoms with Crippen molar-refractivity contribution < 1.29 is 34.1 Å². The first kappa shape index (κ1) is 26.5. The minimum atomic E-state index is -1.06. The Hall–Kier alpha value is -4.59. The third kappa shape index (κ3) is 5.54. The molecule has 2 N–H and O–H groups in total. The third-order valence-electron chi connectivity index (χ3n) is 6.19. The highest BCUT2D eigenvalue weighted by atomic mass is 16.5. The summed E-state index contributed by atoms with van der Waals surface area (Å²) in [7, 11) is 1.52. The van der Waals surface area contributed by atoms with Crippen LogP contribution in [0.2, 0.25) is 0 Å². The Labute approximate surface area is 220 Å². The SMILES string of the molecule is COc1cccc(C2/C(=C(\O)c3cccc(OCC(C)C)c3)C(=O)C(=O)N2Cc2ccc(C(=O)O)cc2)c1. The number of hydrogen-bond donors (Lipinski definition) is 2. The number of ether oxygens (including phenoxy) is 2. The summed E-state index contributed by atoms with van der Waals surface area (Å²) in [5.41, 5.74) is 1.63. The first-order chi connectivity index (χ1) is 18.2. The summed E-state index contributed by atoms with van der Waals surface area (Å²) in [6.07, 6.45) is 0. The Morgan fingerprint density at radius 2 is 1.61 bits per heavy atom. The fraction of sp³-hybridized carbons (Fsp3) is 0.233. The van der Waals surface area contributed by atoms with Gasteiger partial charge in [0.1, 0.15) is 17.3 Å². The maximum atomic E-state index is 13.4. The molecule has 0 aliphatic carbocycles. The van der Waals surface area contributed by atoms with E-state index in [0.717, 1.165) is 0 Å². The second-order valence-electron chi connectivity index (χ2n) is 9.44. The molecule has 1 unspecified atom stereocenters. The molecule has 3 aromatic carbocycles. The quantitative estimate of drug-likeness (QED) is 0.233. The Bertz CT molecular complexity index is 1390. The average Bonchev–Trinajstić information content (AvgIpc) is 3.17. The van der Waals surface area contributed by atoms with Crippen molar-refractivity contribution in [2.45, 2.75) is 26.4 Å². The van der Waals surface area contributed by atoms with Gasteiger partial charge in [0.25, 0.3) is 11.7 Å². The molecule has 1 aliphatic rings. The largest absolute Gasteiger partial charge is 0.507 e. The third-order valence-corrected chi connectivity index (χ3v) is 6.19. The molecule has 8 nitrogen and oxygen atoms in total. The van der Waals surface area contributed by atoms with Gasteiger partial charge >= 0.3 is 5.97 Å². The molecule has 1 saturated heterocycles. The second-order valence-corrected chi connectivity index (χ2v) is 9.44. The number of rotatable bonds is 9. The maximum Gasteiger partial charge on any atom is 0.335 e. The van der Waals surface area contributed by atoms with Gasteiger partial charge in [-0.25, -0.2) is 4.79 Å². The smallest absolute Gasteiger partial charge is 0.335 e. The molecule has 0 spiro atoms. The maximum absolute atomic E-state index is 13.4. The number of carbonyl (C=O) groups excluding carboxylic acids is 2. The summed E-state index contributed by atoms with van der Waals surface area (Å²) in [5, 5.41) is 20.6. The van der Waals surface area contributed by atoms with E-state index in [1.165, 1.54) is 24.1 Å². The van der Waals surface area contributed by atoms with Gasteiger partial charge in [-0.15, -0.1) is 0 Å². The Kier molecular flexibility index (Phi) is 7.81. The van der Waals surface area contributed by atoms with Gasteiger partial charge in [0, 0.05) is 12.1 Å². The van der Waals surface area contributed by atoms with E-state index in [9.17, 15) is 24.6 Å². The number of carboxylic acids is 1. The van der Waals surface area contributed by atoms with E-state index in [0.29, 0.717) is 40.7 Å². The van der Waals surface area contributed by atoms with Crippen molar-refractivity contribution in [3.8, 4) is 11.5 Å². The van der Waals surface area contributed by atoms with Gasteiger partial charge < -0.3 is 24.6 Å². The van der Waals surface area contributed by atoms with Crippen LogP contribution < -0.4 is 9.47 Å². The first-order valence-corrected chi connectivity index (χ1v) is 12.2. The Morgan fingerprint density at radius 3 is 2.26 bits per heavy atom. The molecule has 1 heterocycles. The summed E-state index contributed by atoms with van der Waals surface area (Å²) in [4.78, 5) is 39.3. The van der Waals surface area contributed by atoms with Gasteiger partial charge in [-0.2, -0.15) is 0 Å². The number of benzene rings is 3. The fourth-order valence-electron chi connectivity index (χ4n) is 4.30. The first-order valence-electron chi connectivity index (χ1n) is 12.2. The lowest BCUT2D eigenvalue weighted by atomic mass is 9.95. The van der Waals surface area contributed by atoms with Crippen molar-refractivity contribution in [2.24, 2.45) is 5.92 Å². The molecule has 38 heavy (non-hydrogen) atoms. The Morgan fingerprint density at radius 1 is 0.921 bits per heavy atom. The van der Waals surface area contributed by atoms with Crippen LogP contribution in [0.25, 0.3) is 5.76 Å². The van der Waals surface area contributed by atoms with Crippen LogP contribution in [-0.2, 0) is 16.1 Å². The van der Waals surface area contributed by atoms with Gasteiger partial charge in [-0.1, -0.05) is 50.2 Å². The zero-order chi connectivity index (χ0) is 27.4. The van der Waals surface area contributed by atoms with Crippen LogP contribution in [0.15, 0.2) is 78.4 Å². The summed E-state index contributed by atoms with van der Waals surface area (Å²) in [5.74, 6) is -1.59. The fourth-order valence-corrected chi connectivity index (χ4v) is 4.30. The van der Waals surface area contributed by atoms with Gasteiger partial charge in [-0.05, 0) is 53.4 Å². The van der Waals surface area contributed by atoms with E-state index >= 15 is 0 Å². The number of ketones is 1. The standard InChI is InChI=1S/C30H29NO7/c1-18(2)17-38-24-9-5-7-22(15-24)27(32)25-26(21-6-4-8-23(14-21)37-3)31(29(34)28(25)33)16-19-10-12-20(13-11-19)30(35)36/h4-15,18,26,32H,16-17H2,1-3H3,(H,35,36)/b27-25+. The van der Waals surface area contributed by atoms with Gasteiger partial charge in [0.05, 0.1) is 30.9 Å². The zero-order valence-corrected chi connectivity index (χ0v) is 21.4. The highest BCUT2D eigenvalue weighted by molar-refractivity contribution is 6.46. The van der Waals surface area contributed by atoms with Crippen molar-refractivity contribution in [3.05, 3.63) is 101 Å². The van der Waals surface area contributed by atoms with Crippen LogP contribution in [0.3, 0.4) is 0 Å². The number of aliphatic hydroxyl groups excluding tert-OH is 1. The lowest BCUT2D eigenvalue weighted by Crippen LogP contribution is -2.29. The topological polar surface area (TPSA) is 113 Å². The minimum Gasteiger partial charge on any atom is -0.507 e. The van der Waals surface area contributed by atoms with E-state index in [4.69, 9.17) is 9.47 Å². The number of nitrogens with zero attached hydrogens (tertiary/aromatic N) is 1. The molecule has 1 fully saturated rings. The average molecular weight is 516 g/mol. The number of likely N-dealkylation sites (tertiary alicyclic amines) is 1. The van der Waals surface area contributed by atoms with Crippen LogP contribution in [-0.4, -0.2) is 46.5 Å². The molecular weight excluding hydrogens is 486 g/mol. The number of amides is 1. The summed E-state index contributed by atoms with van der Waals surface area (Å²) >= 11 is 0. The summed E-state index contributed by atoms with van der Waals surface area (Å²) in [6, 6.07) is 18.9. The van der Waals surface area contributed by atoms with Crippen LogP contribution in [0.1, 0.15) is 46.9 Å².